The summed E-state index contributed by atoms with van der Waals surface area (Å²) in [6.07, 6.45) is 6.41. The summed E-state index contributed by atoms with van der Waals surface area (Å²) in [5.41, 5.74) is 13.4. The molecule has 8 nitrogen and oxygen atoms in total. The molecule has 26 heavy (non-hydrogen) atoms. The van der Waals surface area contributed by atoms with Crippen molar-refractivity contribution in [2.75, 3.05) is 65.9 Å². The largest absolute Gasteiger partial charge is 0.379 e. The average Bonchev–Trinajstić information content (AvgIpc) is 2.66. The first-order chi connectivity index (χ1) is 12.8. The molecule has 0 unspecified atom stereocenters. The molecular weight excluding hydrogens is 336 g/mol. The van der Waals surface area contributed by atoms with Crippen molar-refractivity contribution in [2.24, 2.45) is 10.8 Å². The molecule has 0 saturated carbocycles. The normalized spacial score (nSPS) is 10.1. The van der Waals surface area contributed by atoms with Crippen LogP contribution in [0.4, 0.5) is 0 Å². The summed E-state index contributed by atoms with van der Waals surface area (Å²) < 4.78 is 20.9. The van der Waals surface area contributed by atoms with E-state index in [1.54, 1.807) is 0 Å². The molecule has 156 valence electrons. The van der Waals surface area contributed by atoms with Crippen molar-refractivity contribution in [3.05, 3.63) is 10.4 Å². The van der Waals surface area contributed by atoms with Crippen LogP contribution in [0.5, 0.6) is 0 Å². The van der Waals surface area contributed by atoms with E-state index in [0.29, 0.717) is 26.4 Å². The van der Waals surface area contributed by atoms with E-state index >= 15 is 0 Å². The quantitative estimate of drug-likeness (QED) is 0.160. The first kappa shape index (κ1) is 27.3. The second-order valence-electron chi connectivity index (χ2n) is 5.48. The van der Waals surface area contributed by atoms with E-state index in [1.807, 2.05) is 13.8 Å². The molecule has 0 spiro atoms. The minimum atomic E-state index is 0.593. The highest BCUT2D eigenvalue weighted by Crippen LogP contribution is 1.96. The van der Waals surface area contributed by atoms with Gasteiger partial charge in [0.2, 0.25) is 0 Å². The Morgan fingerprint density at radius 3 is 1.65 bits per heavy atom. The fraction of sp³-hybridized carbons (Fsp3) is 1.00. The van der Waals surface area contributed by atoms with E-state index in [4.69, 9.17) is 30.2 Å². The topological polar surface area (TPSA) is 112 Å². The van der Waals surface area contributed by atoms with Gasteiger partial charge in [-0.1, -0.05) is 11.5 Å². The number of unbranched alkanes of at least 4 members (excludes halogenated alkanes) is 4. The Kier molecular flexibility index (Phi) is 30.4. The molecule has 0 amide bonds. The third-order valence-electron chi connectivity index (χ3n) is 3.26. The number of rotatable bonds is 19. The van der Waals surface area contributed by atoms with Crippen molar-refractivity contribution in [3.63, 3.8) is 0 Å². The van der Waals surface area contributed by atoms with Crippen molar-refractivity contribution in [3.8, 4) is 0 Å². The summed E-state index contributed by atoms with van der Waals surface area (Å²) in [7, 11) is 0. The maximum atomic E-state index is 8.01. The SMILES string of the molecule is CCOCCOCCCCCN.CCOCCOCCCCCN=[N+]=[N-]. The van der Waals surface area contributed by atoms with Crippen LogP contribution in [-0.2, 0) is 18.9 Å². The first-order valence-electron chi connectivity index (χ1n) is 9.85. The molecule has 0 aromatic rings. The molecule has 0 atom stereocenters. The monoisotopic (exact) mass is 376 g/mol. The summed E-state index contributed by atoms with van der Waals surface area (Å²) in [5.74, 6) is 0. The molecule has 0 aromatic carbocycles. The number of nitrogens with zero attached hydrogens (tertiary/aromatic N) is 3. The second-order valence-corrected chi connectivity index (χ2v) is 5.48. The standard InChI is InChI=1S/C9H19N3O2.C9H21NO2/c1-2-13-8-9-14-7-5-3-4-6-11-12-10;1-2-11-8-9-12-7-5-3-4-6-10/h2-9H2,1H3;2-10H2,1H3. The molecule has 0 aliphatic rings. The van der Waals surface area contributed by atoms with Gasteiger partial charge in [-0.3, -0.25) is 0 Å². The van der Waals surface area contributed by atoms with Crippen molar-refractivity contribution >= 4 is 0 Å². The molecule has 0 bridgehead atoms. The lowest BCUT2D eigenvalue weighted by atomic mass is 10.2. The van der Waals surface area contributed by atoms with Crippen LogP contribution in [0.15, 0.2) is 5.11 Å². The molecule has 0 aliphatic carbocycles. The maximum Gasteiger partial charge on any atom is 0.0700 e. The van der Waals surface area contributed by atoms with Crippen molar-refractivity contribution < 1.29 is 18.9 Å². The van der Waals surface area contributed by atoms with Gasteiger partial charge in [0.05, 0.1) is 26.4 Å². The van der Waals surface area contributed by atoms with E-state index in [0.717, 1.165) is 71.7 Å². The van der Waals surface area contributed by atoms with Gasteiger partial charge in [0, 0.05) is 37.9 Å². The van der Waals surface area contributed by atoms with E-state index in [9.17, 15) is 0 Å². The Morgan fingerprint density at radius 1 is 0.692 bits per heavy atom. The zero-order chi connectivity index (χ0) is 19.6. The van der Waals surface area contributed by atoms with Crippen LogP contribution >= 0.6 is 0 Å². The van der Waals surface area contributed by atoms with Crippen molar-refractivity contribution in [1.82, 2.24) is 0 Å². The molecule has 0 radical (unpaired) electrons. The minimum absolute atomic E-state index is 0.593. The number of hydrogen-bond donors (Lipinski definition) is 1. The Labute approximate surface area is 159 Å². The Morgan fingerprint density at radius 2 is 1.19 bits per heavy atom. The van der Waals surface area contributed by atoms with Crippen LogP contribution in [0, 0.1) is 0 Å². The Hall–Kier alpha value is -0.890. The molecule has 0 fully saturated rings. The van der Waals surface area contributed by atoms with Crippen molar-refractivity contribution in [2.45, 2.75) is 52.4 Å². The lowest BCUT2D eigenvalue weighted by Gasteiger charge is -2.03. The van der Waals surface area contributed by atoms with Gasteiger partial charge in [0.15, 0.2) is 0 Å². The highest BCUT2D eigenvalue weighted by molar-refractivity contribution is 4.48. The third kappa shape index (κ3) is 30.9. The highest BCUT2D eigenvalue weighted by atomic mass is 16.5. The van der Waals surface area contributed by atoms with Gasteiger partial charge in [-0.2, -0.15) is 0 Å². The second kappa shape index (κ2) is 28.9. The molecule has 0 aliphatic heterocycles. The molecule has 0 saturated heterocycles. The van der Waals surface area contributed by atoms with Gasteiger partial charge < -0.3 is 24.7 Å². The molecule has 0 rings (SSSR count). The van der Waals surface area contributed by atoms with Gasteiger partial charge in [-0.05, 0) is 58.0 Å². The summed E-state index contributed by atoms with van der Waals surface area (Å²) in [6, 6.07) is 0. The molecule has 0 aromatic heterocycles. The average molecular weight is 377 g/mol. The van der Waals surface area contributed by atoms with E-state index in [2.05, 4.69) is 10.0 Å². The van der Waals surface area contributed by atoms with Crippen LogP contribution in [0.1, 0.15) is 52.4 Å². The van der Waals surface area contributed by atoms with Crippen LogP contribution in [-0.4, -0.2) is 65.9 Å². The molecule has 0 heterocycles. The van der Waals surface area contributed by atoms with Crippen LogP contribution in [0.25, 0.3) is 10.4 Å². The minimum Gasteiger partial charge on any atom is -0.379 e. The summed E-state index contributed by atoms with van der Waals surface area (Å²) >= 11 is 0. The van der Waals surface area contributed by atoms with Gasteiger partial charge in [-0.15, -0.1) is 0 Å². The fourth-order valence-electron chi connectivity index (χ4n) is 1.86. The van der Waals surface area contributed by atoms with Crippen LogP contribution < -0.4 is 5.73 Å². The van der Waals surface area contributed by atoms with Crippen molar-refractivity contribution in [1.29, 1.82) is 0 Å². The van der Waals surface area contributed by atoms with E-state index < -0.39 is 0 Å². The smallest absolute Gasteiger partial charge is 0.0700 e. The first-order valence-corrected chi connectivity index (χ1v) is 9.85. The molecule has 2 N–H and O–H groups in total. The van der Waals surface area contributed by atoms with Gasteiger partial charge in [0.25, 0.3) is 0 Å². The highest BCUT2D eigenvalue weighted by Gasteiger charge is 1.90. The predicted molar refractivity (Wildman–Crippen MR) is 105 cm³/mol. The van der Waals surface area contributed by atoms with Gasteiger partial charge in [-0.25, -0.2) is 0 Å². The number of ether oxygens (including phenoxy) is 4. The number of hydrogen-bond acceptors (Lipinski definition) is 6. The Bertz CT molecular complexity index is 280. The van der Waals surface area contributed by atoms with Crippen LogP contribution in [0.3, 0.4) is 0 Å². The zero-order valence-corrected chi connectivity index (χ0v) is 16.9. The zero-order valence-electron chi connectivity index (χ0n) is 16.9. The summed E-state index contributed by atoms with van der Waals surface area (Å²) in [5, 5.41) is 3.45. The number of azide groups is 1. The summed E-state index contributed by atoms with van der Waals surface area (Å²) in [6.45, 7) is 11.2. The number of nitrogens with two attached hydrogens (primary N) is 1. The summed E-state index contributed by atoms with van der Waals surface area (Å²) in [4.78, 5) is 2.68. The predicted octanol–water partition coefficient (Wildman–Crippen LogP) is 3.69. The Balaban J connectivity index is 0. The lowest BCUT2D eigenvalue weighted by molar-refractivity contribution is 0.0513. The van der Waals surface area contributed by atoms with E-state index in [-0.39, 0.29) is 0 Å². The van der Waals surface area contributed by atoms with E-state index in [1.165, 1.54) is 6.42 Å². The molecule has 8 heteroatoms. The van der Waals surface area contributed by atoms with Gasteiger partial charge >= 0.3 is 0 Å². The molecular formula is C18H40N4O4. The van der Waals surface area contributed by atoms with Gasteiger partial charge in [0.1, 0.15) is 0 Å². The lowest BCUT2D eigenvalue weighted by Crippen LogP contribution is -2.05. The maximum absolute atomic E-state index is 8.01. The third-order valence-corrected chi connectivity index (χ3v) is 3.26. The van der Waals surface area contributed by atoms with Crippen LogP contribution in [0.2, 0.25) is 0 Å². The fourth-order valence-corrected chi connectivity index (χ4v) is 1.86.